The summed E-state index contributed by atoms with van der Waals surface area (Å²) in [6.07, 6.45) is -0.216. The van der Waals surface area contributed by atoms with E-state index in [-0.39, 0.29) is 12.8 Å². The van der Waals surface area contributed by atoms with Crippen molar-refractivity contribution in [2.75, 3.05) is 23.7 Å². The van der Waals surface area contributed by atoms with E-state index in [9.17, 15) is 8.78 Å². The molecule has 1 aromatic heterocycles. The summed E-state index contributed by atoms with van der Waals surface area (Å²) in [5, 5.41) is 0. The van der Waals surface area contributed by atoms with E-state index in [4.69, 9.17) is 5.73 Å². The number of halogens is 2. The molecule has 1 fully saturated rings. The lowest BCUT2D eigenvalue weighted by atomic mass is 10.1. The Bertz CT molecular complexity index is 383. The molecule has 1 aromatic rings. The fraction of sp³-hybridized carbons (Fsp3) is 0.545. The molecule has 0 unspecified atom stereocenters. The summed E-state index contributed by atoms with van der Waals surface area (Å²) in [4.78, 5) is 6.08. The van der Waals surface area contributed by atoms with Crippen LogP contribution in [0.1, 0.15) is 18.4 Å². The molecule has 1 aliphatic rings. The van der Waals surface area contributed by atoms with Gasteiger partial charge in [0.05, 0.1) is 0 Å². The van der Waals surface area contributed by atoms with Gasteiger partial charge in [-0.05, 0) is 18.6 Å². The standard InChI is InChI=1S/C11H15F2N3/c1-8-2-3-9(14)15-10(8)16-6-4-11(12,13)5-7-16/h2-3H,4-7H2,1H3,(H2,14,15). The van der Waals surface area contributed by atoms with Crippen LogP contribution in [-0.4, -0.2) is 24.0 Å². The quantitative estimate of drug-likeness (QED) is 0.799. The molecular weight excluding hydrogens is 212 g/mol. The van der Waals surface area contributed by atoms with Gasteiger partial charge in [-0.3, -0.25) is 0 Å². The van der Waals surface area contributed by atoms with Crippen LogP contribution in [-0.2, 0) is 0 Å². The SMILES string of the molecule is Cc1ccc(N)nc1N1CCC(F)(F)CC1. The zero-order valence-corrected chi connectivity index (χ0v) is 9.21. The van der Waals surface area contributed by atoms with E-state index >= 15 is 0 Å². The first-order valence-corrected chi connectivity index (χ1v) is 5.34. The van der Waals surface area contributed by atoms with E-state index in [1.807, 2.05) is 17.9 Å². The van der Waals surface area contributed by atoms with Crippen LogP contribution in [0.2, 0.25) is 0 Å². The summed E-state index contributed by atoms with van der Waals surface area (Å²) in [6.45, 7) is 2.59. The second-order valence-electron chi connectivity index (χ2n) is 4.22. The topological polar surface area (TPSA) is 42.1 Å². The fourth-order valence-electron chi connectivity index (χ4n) is 1.90. The normalized spacial score (nSPS) is 19.8. The first kappa shape index (κ1) is 11.1. The maximum Gasteiger partial charge on any atom is 0.251 e. The van der Waals surface area contributed by atoms with Gasteiger partial charge >= 0.3 is 0 Å². The highest BCUT2D eigenvalue weighted by atomic mass is 19.3. The zero-order chi connectivity index (χ0) is 11.8. The van der Waals surface area contributed by atoms with Crippen LogP contribution in [0.5, 0.6) is 0 Å². The van der Waals surface area contributed by atoms with Gasteiger partial charge in [0, 0.05) is 25.9 Å². The monoisotopic (exact) mass is 227 g/mol. The van der Waals surface area contributed by atoms with Crippen molar-refractivity contribution in [3.05, 3.63) is 17.7 Å². The number of rotatable bonds is 1. The van der Waals surface area contributed by atoms with E-state index in [0.29, 0.717) is 18.9 Å². The molecule has 0 atom stereocenters. The number of nitrogen functional groups attached to an aromatic ring is 1. The molecule has 1 saturated heterocycles. The Balaban J connectivity index is 2.17. The third-order valence-electron chi connectivity index (χ3n) is 2.89. The van der Waals surface area contributed by atoms with Crippen molar-refractivity contribution in [3.63, 3.8) is 0 Å². The number of pyridine rings is 1. The van der Waals surface area contributed by atoms with E-state index in [1.54, 1.807) is 6.07 Å². The molecule has 0 amide bonds. The second-order valence-corrected chi connectivity index (χ2v) is 4.22. The number of aromatic nitrogens is 1. The molecule has 2 N–H and O–H groups in total. The molecule has 16 heavy (non-hydrogen) atoms. The third kappa shape index (κ3) is 2.23. The zero-order valence-electron chi connectivity index (χ0n) is 9.21. The molecule has 0 bridgehead atoms. The molecule has 2 rings (SSSR count). The molecule has 2 heterocycles. The molecule has 1 aliphatic heterocycles. The number of nitrogens with two attached hydrogens (primary N) is 1. The second kappa shape index (κ2) is 3.88. The minimum Gasteiger partial charge on any atom is -0.384 e. The van der Waals surface area contributed by atoms with Gasteiger partial charge < -0.3 is 10.6 Å². The predicted octanol–water partition coefficient (Wildman–Crippen LogP) is 2.21. The maximum atomic E-state index is 13.0. The molecule has 88 valence electrons. The Morgan fingerprint density at radius 2 is 1.94 bits per heavy atom. The molecule has 5 heteroatoms. The van der Waals surface area contributed by atoms with Crippen LogP contribution in [0.3, 0.4) is 0 Å². The number of anilines is 2. The Kier molecular flexibility index (Phi) is 2.69. The number of alkyl halides is 2. The molecule has 3 nitrogen and oxygen atoms in total. The van der Waals surface area contributed by atoms with Crippen molar-refractivity contribution in [1.29, 1.82) is 0 Å². The number of nitrogens with zero attached hydrogens (tertiary/aromatic N) is 2. The van der Waals surface area contributed by atoms with Gasteiger partial charge in [-0.25, -0.2) is 13.8 Å². The fourth-order valence-corrected chi connectivity index (χ4v) is 1.90. The van der Waals surface area contributed by atoms with Crippen LogP contribution in [0.4, 0.5) is 20.4 Å². The van der Waals surface area contributed by atoms with E-state index in [0.717, 1.165) is 11.4 Å². The summed E-state index contributed by atoms with van der Waals surface area (Å²) >= 11 is 0. The van der Waals surface area contributed by atoms with Gasteiger partial charge in [0.15, 0.2) is 0 Å². The van der Waals surface area contributed by atoms with Crippen molar-refractivity contribution in [2.24, 2.45) is 0 Å². The Hall–Kier alpha value is -1.39. The highest BCUT2D eigenvalue weighted by molar-refractivity contribution is 5.51. The minimum atomic E-state index is -2.52. The molecule has 0 aromatic carbocycles. The molecule has 0 radical (unpaired) electrons. The van der Waals surface area contributed by atoms with Crippen molar-refractivity contribution < 1.29 is 8.78 Å². The highest BCUT2D eigenvalue weighted by Crippen LogP contribution is 2.31. The lowest BCUT2D eigenvalue weighted by Crippen LogP contribution is -2.40. The van der Waals surface area contributed by atoms with Gasteiger partial charge in [0.25, 0.3) is 5.92 Å². The Labute approximate surface area is 93.3 Å². The number of hydrogen-bond acceptors (Lipinski definition) is 3. The minimum absolute atomic E-state index is 0.108. The van der Waals surface area contributed by atoms with Gasteiger partial charge in [-0.15, -0.1) is 0 Å². The van der Waals surface area contributed by atoms with E-state index in [1.165, 1.54) is 0 Å². The smallest absolute Gasteiger partial charge is 0.251 e. The predicted molar refractivity (Wildman–Crippen MR) is 59.8 cm³/mol. The molecule has 0 saturated carbocycles. The van der Waals surface area contributed by atoms with Crippen LogP contribution in [0.15, 0.2) is 12.1 Å². The van der Waals surface area contributed by atoms with Crippen molar-refractivity contribution in [3.8, 4) is 0 Å². The first-order valence-electron chi connectivity index (χ1n) is 5.34. The lowest BCUT2D eigenvalue weighted by Gasteiger charge is -2.33. The summed E-state index contributed by atoms with van der Waals surface area (Å²) in [6, 6.07) is 3.59. The summed E-state index contributed by atoms with van der Waals surface area (Å²) < 4.78 is 26.0. The molecular formula is C11H15F2N3. The lowest BCUT2D eigenvalue weighted by molar-refractivity contribution is -0.0221. The summed E-state index contributed by atoms with van der Waals surface area (Å²) in [5.74, 6) is -1.36. The Morgan fingerprint density at radius 1 is 1.31 bits per heavy atom. The van der Waals surface area contributed by atoms with E-state index < -0.39 is 5.92 Å². The molecule has 0 aliphatic carbocycles. The average Bonchev–Trinajstić information content (AvgIpc) is 2.22. The van der Waals surface area contributed by atoms with E-state index in [2.05, 4.69) is 4.98 Å². The van der Waals surface area contributed by atoms with Gasteiger partial charge in [-0.1, -0.05) is 6.07 Å². The summed E-state index contributed by atoms with van der Waals surface area (Å²) in [7, 11) is 0. The average molecular weight is 227 g/mol. The van der Waals surface area contributed by atoms with Gasteiger partial charge in [-0.2, -0.15) is 0 Å². The van der Waals surface area contributed by atoms with Crippen molar-refractivity contribution in [1.82, 2.24) is 4.98 Å². The molecule has 0 spiro atoms. The van der Waals surface area contributed by atoms with Gasteiger partial charge in [0.1, 0.15) is 11.6 Å². The first-order chi connectivity index (χ1) is 7.48. The van der Waals surface area contributed by atoms with Gasteiger partial charge in [0.2, 0.25) is 0 Å². The van der Waals surface area contributed by atoms with Crippen LogP contribution in [0.25, 0.3) is 0 Å². The Morgan fingerprint density at radius 3 is 2.56 bits per heavy atom. The number of piperidine rings is 1. The largest absolute Gasteiger partial charge is 0.384 e. The highest BCUT2D eigenvalue weighted by Gasteiger charge is 2.34. The maximum absolute atomic E-state index is 13.0. The number of aryl methyl sites for hydroxylation is 1. The summed E-state index contributed by atoms with van der Waals surface area (Å²) in [5.41, 5.74) is 6.57. The third-order valence-corrected chi connectivity index (χ3v) is 2.89. The van der Waals surface area contributed by atoms with Crippen LogP contribution < -0.4 is 10.6 Å². The van der Waals surface area contributed by atoms with Crippen LogP contribution >= 0.6 is 0 Å². The van der Waals surface area contributed by atoms with Crippen LogP contribution in [0, 0.1) is 6.92 Å². The number of hydrogen-bond donors (Lipinski definition) is 1. The van der Waals surface area contributed by atoms with Crippen molar-refractivity contribution >= 4 is 11.6 Å². The van der Waals surface area contributed by atoms with Crippen molar-refractivity contribution in [2.45, 2.75) is 25.7 Å².